The van der Waals surface area contributed by atoms with Crippen LogP contribution in [-0.4, -0.2) is 68.5 Å². The van der Waals surface area contributed by atoms with Gasteiger partial charge in [0.15, 0.2) is 0 Å². The summed E-state index contributed by atoms with van der Waals surface area (Å²) >= 11 is 0. The minimum atomic E-state index is -1.18. The van der Waals surface area contributed by atoms with Gasteiger partial charge < -0.3 is 25.2 Å². The second-order valence-corrected chi connectivity index (χ2v) is 10.7. The van der Waals surface area contributed by atoms with Gasteiger partial charge in [0.25, 0.3) is 0 Å². The highest BCUT2D eigenvalue weighted by Crippen LogP contribution is 2.39. The van der Waals surface area contributed by atoms with Crippen LogP contribution >= 0.6 is 6.89 Å². The van der Waals surface area contributed by atoms with E-state index >= 15 is 0 Å². The molecule has 0 saturated carbocycles. The number of carbonyl (C=O) groups excluding carboxylic acids is 1. The molecule has 0 bridgehead atoms. The molecule has 2 amide bonds. The lowest BCUT2D eigenvalue weighted by atomic mass is 9.99. The van der Waals surface area contributed by atoms with Gasteiger partial charge in [-0.05, 0) is 25.9 Å². The molecule has 7 heteroatoms. The average molecular weight is 328 g/mol. The first-order valence-electron chi connectivity index (χ1n) is 7.23. The Bertz CT molecular complexity index is 540. The van der Waals surface area contributed by atoms with Crippen molar-refractivity contribution in [3.63, 3.8) is 0 Å². The van der Waals surface area contributed by atoms with Crippen molar-refractivity contribution in [1.29, 1.82) is 0 Å². The molecule has 2 aliphatic heterocycles. The minimum Gasteiger partial charge on any atom is -0.388 e. The predicted octanol–water partition coefficient (Wildman–Crippen LogP) is 0.939. The first-order valence-corrected chi connectivity index (χ1v) is 10.3. The van der Waals surface area contributed by atoms with Crippen LogP contribution < -0.4 is 10.6 Å². The van der Waals surface area contributed by atoms with Gasteiger partial charge in [-0.2, -0.15) is 0 Å². The molecule has 22 heavy (non-hydrogen) atoms. The predicted molar refractivity (Wildman–Crippen MR) is 89.7 cm³/mol. The molecule has 0 aliphatic carbocycles. The number of carbonyl (C=O) groups is 1. The SMILES string of the molecule is C=C1NC(=O)NC=C1C1OC(CCP(=C)(C)C)[C@@H](O)[C@H]1OC. The molecule has 3 N–H and O–H groups in total. The zero-order valence-electron chi connectivity index (χ0n) is 13.3. The fourth-order valence-electron chi connectivity index (χ4n) is 2.70. The van der Waals surface area contributed by atoms with Gasteiger partial charge in [0, 0.05) is 24.6 Å². The molecule has 6 nitrogen and oxygen atoms in total. The van der Waals surface area contributed by atoms with Gasteiger partial charge in [0.2, 0.25) is 0 Å². The Morgan fingerprint density at radius 2 is 2.18 bits per heavy atom. The van der Waals surface area contributed by atoms with Crippen LogP contribution in [0.4, 0.5) is 4.79 Å². The molecular weight excluding hydrogens is 303 g/mol. The highest BCUT2D eigenvalue weighted by Gasteiger charge is 2.46. The Hall–Kier alpha value is -1.07. The minimum absolute atomic E-state index is 0.303. The molecule has 2 heterocycles. The van der Waals surface area contributed by atoms with Crippen LogP contribution in [0.1, 0.15) is 6.42 Å². The zero-order chi connectivity index (χ0) is 16.5. The highest BCUT2D eigenvalue weighted by atomic mass is 31.2. The van der Waals surface area contributed by atoms with E-state index in [1.54, 1.807) is 13.3 Å². The fourth-order valence-corrected chi connectivity index (χ4v) is 3.65. The Labute approximate surface area is 131 Å². The molecule has 2 unspecified atom stereocenters. The van der Waals surface area contributed by atoms with Crippen molar-refractivity contribution in [1.82, 2.24) is 10.6 Å². The highest BCUT2D eigenvalue weighted by molar-refractivity contribution is 7.72. The van der Waals surface area contributed by atoms with Gasteiger partial charge in [-0.25, -0.2) is 4.79 Å². The van der Waals surface area contributed by atoms with Crippen molar-refractivity contribution in [2.24, 2.45) is 0 Å². The van der Waals surface area contributed by atoms with Crippen LogP contribution in [-0.2, 0) is 9.47 Å². The number of hydrogen-bond donors (Lipinski definition) is 3. The van der Waals surface area contributed by atoms with Crippen molar-refractivity contribution in [2.75, 3.05) is 26.6 Å². The van der Waals surface area contributed by atoms with Gasteiger partial charge in [0.05, 0.1) is 6.10 Å². The van der Waals surface area contributed by atoms with Gasteiger partial charge >= 0.3 is 6.03 Å². The Morgan fingerprint density at radius 1 is 1.50 bits per heavy atom. The number of ether oxygens (including phenoxy) is 2. The molecule has 124 valence electrons. The van der Waals surface area contributed by atoms with Crippen molar-refractivity contribution < 1.29 is 19.4 Å². The molecule has 0 aromatic carbocycles. The second-order valence-electron chi connectivity index (χ2n) is 6.41. The molecule has 0 spiro atoms. The number of aliphatic hydroxyl groups excluding tert-OH is 1. The van der Waals surface area contributed by atoms with Gasteiger partial charge in [-0.1, -0.05) is 6.58 Å². The molecule has 1 saturated heterocycles. The summed E-state index contributed by atoms with van der Waals surface area (Å²) < 4.78 is 11.4. The maximum Gasteiger partial charge on any atom is 0.323 e. The second kappa shape index (κ2) is 6.59. The molecule has 1 fully saturated rings. The summed E-state index contributed by atoms with van der Waals surface area (Å²) in [5.74, 6) is 0. The number of urea groups is 1. The van der Waals surface area contributed by atoms with Crippen LogP contribution in [0, 0.1) is 0 Å². The summed E-state index contributed by atoms with van der Waals surface area (Å²) in [4.78, 5) is 11.3. The maximum absolute atomic E-state index is 11.3. The van der Waals surface area contributed by atoms with E-state index in [-0.39, 0.29) is 12.1 Å². The van der Waals surface area contributed by atoms with E-state index < -0.39 is 25.2 Å². The number of aliphatic hydroxyl groups is 1. The first kappa shape index (κ1) is 17.3. The number of methoxy groups -OCH3 is 1. The topological polar surface area (TPSA) is 79.8 Å². The monoisotopic (exact) mass is 328 g/mol. The Morgan fingerprint density at radius 3 is 2.73 bits per heavy atom. The lowest BCUT2D eigenvalue weighted by Crippen LogP contribution is -2.42. The molecule has 0 radical (unpaired) electrons. The van der Waals surface area contributed by atoms with Crippen molar-refractivity contribution in [3.05, 3.63) is 24.0 Å². The van der Waals surface area contributed by atoms with Crippen molar-refractivity contribution >= 4 is 19.2 Å². The van der Waals surface area contributed by atoms with E-state index in [0.717, 1.165) is 12.6 Å². The smallest absolute Gasteiger partial charge is 0.323 e. The lowest BCUT2D eigenvalue weighted by Gasteiger charge is -2.25. The summed E-state index contributed by atoms with van der Waals surface area (Å²) in [7, 11) is 1.54. The third-order valence-corrected chi connectivity index (χ3v) is 5.38. The zero-order valence-corrected chi connectivity index (χ0v) is 14.2. The average Bonchev–Trinajstić information content (AvgIpc) is 2.72. The standard InChI is InChI=1S/C15H25N2O4P/c1-9-10(8-16-15(19)17-9)13-14(20-2)12(18)11(21-13)6-7-22(3,4)5/h8,11-14,18H,1,3,6-7H2,2,4-5H3,(H2,16,17,19)/t11?,12-,13?,14-/m1/s1. The molecule has 2 rings (SSSR count). The molecule has 4 atom stereocenters. The van der Waals surface area contributed by atoms with Crippen LogP contribution in [0.5, 0.6) is 0 Å². The summed E-state index contributed by atoms with van der Waals surface area (Å²) in [6, 6.07) is -0.332. The molecular formula is C15H25N2O4P. The van der Waals surface area contributed by atoms with Crippen LogP contribution in [0.2, 0.25) is 0 Å². The number of hydrogen-bond acceptors (Lipinski definition) is 4. The maximum atomic E-state index is 11.3. The Balaban J connectivity index is 2.13. The summed E-state index contributed by atoms with van der Waals surface area (Å²) in [5, 5.41) is 15.6. The van der Waals surface area contributed by atoms with Crippen LogP contribution in [0.15, 0.2) is 24.0 Å². The summed E-state index contributed by atoms with van der Waals surface area (Å²) in [6.07, 6.45) is 5.45. The van der Waals surface area contributed by atoms with Gasteiger partial charge in [-0.15, -0.1) is 13.2 Å². The van der Waals surface area contributed by atoms with E-state index in [2.05, 4.69) is 36.8 Å². The van der Waals surface area contributed by atoms with Crippen molar-refractivity contribution in [3.8, 4) is 0 Å². The van der Waals surface area contributed by atoms with Crippen LogP contribution in [0.3, 0.4) is 0 Å². The normalized spacial score (nSPS) is 32.5. The lowest BCUT2D eigenvalue weighted by molar-refractivity contribution is 0.000153. The summed E-state index contributed by atoms with van der Waals surface area (Å²) in [5.41, 5.74) is 1.16. The van der Waals surface area contributed by atoms with E-state index in [1.165, 1.54) is 0 Å². The van der Waals surface area contributed by atoms with Gasteiger partial charge in [0.1, 0.15) is 18.3 Å². The quantitative estimate of drug-likeness (QED) is 0.656. The third kappa shape index (κ3) is 3.82. The van der Waals surface area contributed by atoms with Crippen molar-refractivity contribution in [2.45, 2.75) is 30.8 Å². The first-order chi connectivity index (χ1) is 10.2. The third-order valence-electron chi connectivity index (χ3n) is 3.91. The number of rotatable bonds is 5. The number of nitrogens with one attached hydrogen (secondary N) is 2. The molecule has 2 aliphatic rings. The summed E-state index contributed by atoms with van der Waals surface area (Å²) in [6.45, 7) is 6.97. The molecule has 0 aromatic rings. The van der Waals surface area contributed by atoms with E-state index in [4.69, 9.17) is 9.47 Å². The number of amides is 2. The fraction of sp³-hybridized carbons (Fsp3) is 0.600. The largest absolute Gasteiger partial charge is 0.388 e. The van der Waals surface area contributed by atoms with Gasteiger partial charge in [-0.3, -0.25) is 0 Å². The van der Waals surface area contributed by atoms with E-state index in [0.29, 0.717) is 11.3 Å². The Kier molecular flexibility index (Phi) is 5.17. The van der Waals surface area contributed by atoms with E-state index in [9.17, 15) is 9.90 Å². The molecule has 0 aromatic heterocycles. The van der Waals surface area contributed by atoms with E-state index in [1.807, 2.05) is 0 Å². The van der Waals surface area contributed by atoms with Crippen LogP contribution in [0.25, 0.3) is 0 Å².